The largest absolute Gasteiger partial charge is 0.374 e. The van der Waals surface area contributed by atoms with Gasteiger partial charge < -0.3 is 21.1 Å². The fourth-order valence-electron chi connectivity index (χ4n) is 2.82. The van der Waals surface area contributed by atoms with E-state index >= 15 is 0 Å². The highest BCUT2D eigenvalue weighted by atomic mass is 16.5. The lowest BCUT2D eigenvalue weighted by Gasteiger charge is -2.23. The minimum atomic E-state index is -1.08. The Morgan fingerprint density at radius 2 is 1.90 bits per heavy atom. The summed E-state index contributed by atoms with van der Waals surface area (Å²) in [5, 5.41) is 13.8. The maximum atomic E-state index is 12.5. The van der Waals surface area contributed by atoms with Crippen molar-refractivity contribution in [3.8, 4) is 0 Å². The molecule has 3 rings (SSSR count). The highest BCUT2D eigenvalue weighted by Gasteiger charge is 2.28. The Balaban J connectivity index is 1.88. The zero-order valence-electron chi connectivity index (χ0n) is 17.3. The van der Waals surface area contributed by atoms with E-state index in [4.69, 9.17) is 10.5 Å². The van der Waals surface area contributed by atoms with Crippen LogP contribution in [0.5, 0.6) is 0 Å². The molecule has 0 aliphatic carbocycles. The molecule has 2 amide bonds. The van der Waals surface area contributed by atoms with Crippen LogP contribution in [0.2, 0.25) is 0 Å². The summed E-state index contributed by atoms with van der Waals surface area (Å²) in [5.74, 6) is -0.142. The molecule has 9 nitrogen and oxygen atoms in total. The fourth-order valence-corrected chi connectivity index (χ4v) is 2.82. The lowest BCUT2D eigenvalue weighted by molar-refractivity contribution is -0.126. The van der Waals surface area contributed by atoms with E-state index in [-0.39, 0.29) is 18.4 Å². The number of fused-ring (bicyclic) bond motifs is 1. The predicted octanol–water partition coefficient (Wildman–Crippen LogP) is 1.20. The second kappa shape index (κ2) is 9.02. The Labute approximate surface area is 174 Å². The Morgan fingerprint density at radius 3 is 2.57 bits per heavy atom. The van der Waals surface area contributed by atoms with Crippen LogP contribution in [0.4, 0.5) is 0 Å². The van der Waals surface area contributed by atoms with Gasteiger partial charge in [-0.25, -0.2) is 0 Å². The lowest BCUT2D eigenvalue weighted by Crippen LogP contribution is -2.50. The average molecular weight is 410 g/mol. The number of pyridine rings is 1. The van der Waals surface area contributed by atoms with Gasteiger partial charge in [-0.05, 0) is 31.5 Å². The van der Waals surface area contributed by atoms with Crippen molar-refractivity contribution in [2.45, 2.75) is 32.0 Å². The first-order valence-corrected chi connectivity index (χ1v) is 9.58. The second-order valence-corrected chi connectivity index (χ2v) is 7.53. The minimum absolute atomic E-state index is 0.154. The molecule has 0 aliphatic rings. The monoisotopic (exact) mass is 410 g/mol. The molecule has 1 aromatic carbocycles. The third-order valence-electron chi connectivity index (χ3n) is 4.52. The van der Waals surface area contributed by atoms with Crippen LogP contribution in [0.25, 0.3) is 5.65 Å². The molecule has 0 bridgehead atoms. The standard InChI is InChI=1S/C21H26N6O3/c1-21(2,22)20(29)24-16(13-30-12-14-7-5-4-6-8-14)18-26-25-17-10-9-15(11-27(17)18)19(28)23-3/h4-11,16H,12-13,22H2,1-3H3,(H,23,28)(H,24,29). The molecule has 0 radical (unpaired) electrons. The summed E-state index contributed by atoms with van der Waals surface area (Å²) in [7, 11) is 1.56. The Hall–Kier alpha value is -3.30. The molecule has 3 aromatic rings. The number of aromatic nitrogens is 3. The average Bonchev–Trinajstić information content (AvgIpc) is 3.15. The van der Waals surface area contributed by atoms with Crippen molar-refractivity contribution in [1.82, 2.24) is 25.2 Å². The van der Waals surface area contributed by atoms with Gasteiger partial charge in [0.1, 0.15) is 6.04 Å². The first-order chi connectivity index (χ1) is 14.3. The van der Waals surface area contributed by atoms with Crippen molar-refractivity contribution in [2.75, 3.05) is 13.7 Å². The summed E-state index contributed by atoms with van der Waals surface area (Å²) >= 11 is 0. The first kappa shape index (κ1) is 21.4. The number of nitrogens with zero attached hydrogens (tertiary/aromatic N) is 3. The topological polar surface area (TPSA) is 124 Å². The Morgan fingerprint density at radius 1 is 1.17 bits per heavy atom. The van der Waals surface area contributed by atoms with Crippen LogP contribution >= 0.6 is 0 Å². The van der Waals surface area contributed by atoms with Gasteiger partial charge in [-0.3, -0.25) is 14.0 Å². The van der Waals surface area contributed by atoms with Crippen molar-refractivity contribution in [3.63, 3.8) is 0 Å². The number of amides is 2. The van der Waals surface area contributed by atoms with E-state index in [1.165, 1.54) is 0 Å². The van der Waals surface area contributed by atoms with Crippen molar-refractivity contribution < 1.29 is 14.3 Å². The smallest absolute Gasteiger partial charge is 0.252 e. The van der Waals surface area contributed by atoms with Gasteiger partial charge in [0.15, 0.2) is 11.5 Å². The molecule has 0 saturated carbocycles. The number of carbonyl (C=O) groups is 2. The predicted molar refractivity (Wildman–Crippen MR) is 112 cm³/mol. The molecule has 4 N–H and O–H groups in total. The number of benzene rings is 1. The fraction of sp³-hybridized carbons (Fsp3) is 0.333. The molecule has 0 spiro atoms. The molecule has 1 unspecified atom stereocenters. The minimum Gasteiger partial charge on any atom is -0.374 e. The van der Waals surface area contributed by atoms with E-state index in [0.717, 1.165) is 5.56 Å². The summed E-state index contributed by atoms with van der Waals surface area (Å²) < 4.78 is 7.52. The number of hydrogen-bond acceptors (Lipinski definition) is 6. The highest BCUT2D eigenvalue weighted by Crippen LogP contribution is 2.17. The van der Waals surface area contributed by atoms with Gasteiger partial charge >= 0.3 is 0 Å². The molecule has 158 valence electrons. The van der Waals surface area contributed by atoms with Gasteiger partial charge in [-0.1, -0.05) is 30.3 Å². The maximum absolute atomic E-state index is 12.5. The highest BCUT2D eigenvalue weighted by molar-refractivity contribution is 5.94. The molecule has 9 heteroatoms. The van der Waals surface area contributed by atoms with Crippen LogP contribution in [0.15, 0.2) is 48.7 Å². The van der Waals surface area contributed by atoms with Gasteiger partial charge in [0.05, 0.1) is 24.3 Å². The second-order valence-electron chi connectivity index (χ2n) is 7.53. The van der Waals surface area contributed by atoms with Crippen molar-refractivity contribution in [1.29, 1.82) is 0 Å². The summed E-state index contributed by atoms with van der Waals surface area (Å²) in [5.41, 5.74) is 6.87. The van der Waals surface area contributed by atoms with E-state index in [1.54, 1.807) is 43.6 Å². The number of ether oxygens (including phenoxy) is 1. The quantitative estimate of drug-likeness (QED) is 0.513. The number of rotatable bonds is 8. The number of nitrogens with two attached hydrogens (primary N) is 1. The molecule has 2 aromatic heterocycles. The molecule has 1 atom stereocenters. The van der Waals surface area contributed by atoms with Crippen LogP contribution in [0.1, 0.15) is 41.6 Å². The maximum Gasteiger partial charge on any atom is 0.252 e. The van der Waals surface area contributed by atoms with Crippen molar-refractivity contribution in [2.24, 2.45) is 5.73 Å². The Kier molecular flexibility index (Phi) is 6.43. The van der Waals surface area contributed by atoms with Gasteiger partial charge in [-0.15, -0.1) is 10.2 Å². The van der Waals surface area contributed by atoms with E-state index < -0.39 is 11.6 Å². The van der Waals surface area contributed by atoms with Gasteiger partial charge in [-0.2, -0.15) is 0 Å². The van der Waals surface area contributed by atoms with Crippen LogP contribution in [0, 0.1) is 0 Å². The summed E-state index contributed by atoms with van der Waals surface area (Å²) in [6.07, 6.45) is 1.63. The molecule has 0 saturated heterocycles. The molecule has 0 aliphatic heterocycles. The van der Waals surface area contributed by atoms with Crippen LogP contribution in [-0.2, 0) is 16.1 Å². The van der Waals surface area contributed by atoms with E-state index in [1.807, 2.05) is 30.3 Å². The SMILES string of the molecule is CNC(=O)c1ccc2nnc(C(COCc3ccccc3)NC(=O)C(C)(C)N)n2c1. The van der Waals surface area contributed by atoms with Crippen molar-refractivity contribution in [3.05, 3.63) is 65.6 Å². The summed E-state index contributed by atoms with van der Waals surface area (Å²) in [4.78, 5) is 24.6. The first-order valence-electron chi connectivity index (χ1n) is 9.58. The third kappa shape index (κ3) is 5.00. The molecule has 0 fully saturated rings. The zero-order chi connectivity index (χ0) is 21.7. The van der Waals surface area contributed by atoms with Gasteiger partial charge in [0.25, 0.3) is 5.91 Å². The van der Waals surface area contributed by atoms with E-state index in [0.29, 0.717) is 23.6 Å². The normalized spacial score (nSPS) is 12.5. The van der Waals surface area contributed by atoms with Crippen LogP contribution in [0.3, 0.4) is 0 Å². The molecular weight excluding hydrogens is 384 g/mol. The number of carbonyl (C=O) groups excluding carboxylic acids is 2. The van der Waals surface area contributed by atoms with E-state index in [9.17, 15) is 9.59 Å². The number of hydrogen-bond donors (Lipinski definition) is 3. The van der Waals surface area contributed by atoms with E-state index in [2.05, 4.69) is 20.8 Å². The van der Waals surface area contributed by atoms with Crippen molar-refractivity contribution >= 4 is 17.5 Å². The van der Waals surface area contributed by atoms with Gasteiger partial charge in [0, 0.05) is 13.2 Å². The van der Waals surface area contributed by atoms with Crippen LogP contribution in [-0.4, -0.2) is 45.6 Å². The lowest BCUT2D eigenvalue weighted by atomic mass is 10.1. The summed E-state index contributed by atoms with van der Waals surface area (Å²) in [6.45, 7) is 3.77. The molecule has 30 heavy (non-hydrogen) atoms. The Bertz CT molecular complexity index is 1030. The molecular formula is C21H26N6O3. The van der Waals surface area contributed by atoms with Crippen LogP contribution < -0.4 is 16.4 Å². The number of nitrogens with one attached hydrogen (secondary N) is 2. The van der Waals surface area contributed by atoms with Gasteiger partial charge in [0.2, 0.25) is 5.91 Å². The third-order valence-corrected chi connectivity index (χ3v) is 4.52. The summed E-state index contributed by atoms with van der Waals surface area (Å²) in [6, 6.07) is 12.5. The zero-order valence-corrected chi connectivity index (χ0v) is 17.3. The molecule has 2 heterocycles.